The van der Waals surface area contributed by atoms with Crippen molar-refractivity contribution in [3.05, 3.63) is 35.4 Å². The first kappa shape index (κ1) is 16.4. The summed E-state index contributed by atoms with van der Waals surface area (Å²) in [5.74, 6) is 0.691. The van der Waals surface area contributed by atoms with Gasteiger partial charge in [-0.3, -0.25) is 4.79 Å². The Hall–Kier alpha value is -1.43. The Bertz CT molecular complexity index is 529. The molecule has 0 aromatic heterocycles. The van der Waals surface area contributed by atoms with Gasteiger partial charge in [0.05, 0.1) is 19.3 Å². The molecule has 2 N–H and O–H groups in total. The van der Waals surface area contributed by atoms with E-state index in [4.69, 9.17) is 4.74 Å². The van der Waals surface area contributed by atoms with Gasteiger partial charge in [-0.15, -0.1) is 0 Å². The number of carbonyl (C=O) groups is 1. The van der Waals surface area contributed by atoms with Crippen LogP contribution in [0.2, 0.25) is 0 Å². The molecular formula is C18H26N2O3. The molecule has 0 saturated carbocycles. The summed E-state index contributed by atoms with van der Waals surface area (Å²) in [6.45, 7) is 3.85. The van der Waals surface area contributed by atoms with E-state index in [0.717, 1.165) is 19.5 Å². The van der Waals surface area contributed by atoms with Crippen molar-refractivity contribution in [2.45, 2.75) is 25.4 Å². The number of hydrogen-bond donors (Lipinski definition) is 2. The van der Waals surface area contributed by atoms with E-state index < -0.39 is 6.10 Å². The fraction of sp³-hybridized carbons (Fsp3) is 0.611. The second-order valence-corrected chi connectivity index (χ2v) is 6.58. The average molecular weight is 318 g/mol. The van der Waals surface area contributed by atoms with E-state index in [1.54, 1.807) is 4.90 Å². The molecule has 0 bridgehead atoms. The lowest BCUT2D eigenvalue weighted by Gasteiger charge is -2.23. The van der Waals surface area contributed by atoms with Crippen molar-refractivity contribution < 1.29 is 14.6 Å². The van der Waals surface area contributed by atoms with Crippen molar-refractivity contribution in [3.63, 3.8) is 0 Å². The zero-order chi connectivity index (χ0) is 16.1. The first-order valence-corrected chi connectivity index (χ1v) is 8.57. The van der Waals surface area contributed by atoms with Crippen molar-refractivity contribution in [1.29, 1.82) is 0 Å². The van der Waals surface area contributed by atoms with Crippen LogP contribution in [0.5, 0.6) is 0 Å². The fourth-order valence-electron chi connectivity index (χ4n) is 3.41. The largest absolute Gasteiger partial charge is 0.389 e. The van der Waals surface area contributed by atoms with Crippen LogP contribution in [0.15, 0.2) is 24.3 Å². The monoisotopic (exact) mass is 318 g/mol. The summed E-state index contributed by atoms with van der Waals surface area (Å²) in [5.41, 5.74) is 1.94. The van der Waals surface area contributed by atoms with E-state index in [9.17, 15) is 9.90 Å². The van der Waals surface area contributed by atoms with E-state index in [1.165, 1.54) is 18.4 Å². The highest BCUT2D eigenvalue weighted by Crippen LogP contribution is 2.19. The van der Waals surface area contributed by atoms with Crippen LogP contribution in [0.4, 0.5) is 0 Å². The molecule has 2 saturated heterocycles. The van der Waals surface area contributed by atoms with Crippen LogP contribution in [-0.4, -0.2) is 61.4 Å². The molecule has 2 fully saturated rings. The highest BCUT2D eigenvalue weighted by atomic mass is 16.5. The molecule has 0 aliphatic carbocycles. The van der Waals surface area contributed by atoms with Crippen LogP contribution >= 0.6 is 0 Å². The topological polar surface area (TPSA) is 61.8 Å². The lowest BCUT2D eigenvalue weighted by atomic mass is 9.90. The van der Waals surface area contributed by atoms with Crippen LogP contribution in [0, 0.1) is 5.92 Å². The lowest BCUT2D eigenvalue weighted by molar-refractivity contribution is 0.0534. The number of rotatable bonds is 3. The number of benzene rings is 1. The molecule has 5 nitrogen and oxygen atoms in total. The number of aliphatic hydroxyl groups is 1. The van der Waals surface area contributed by atoms with Gasteiger partial charge in [-0.05, 0) is 56.0 Å². The summed E-state index contributed by atoms with van der Waals surface area (Å²) in [4.78, 5) is 14.4. The van der Waals surface area contributed by atoms with E-state index in [-0.39, 0.29) is 5.91 Å². The third-order valence-electron chi connectivity index (χ3n) is 4.69. The molecular weight excluding hydrogens is 292 g/mol. The minimum atomic E-state index is -0.598. The van der Waals surface area contributed by atoms with E-state index in [2.05, 4.69) is 11.4 Å². The molecule has 1 aromatic carbocycles. The number of β-amino-alcohol motifs (C(OH)–C–C–N with tert-alkyl or cyclic N) is 1. The van der Waals surface area contributed by atoms with Crippen molar-refractivity contribution in [2.24, 2.45) is 5.92 Å². The molecule has 1 aromatic rings. The van der Waals surface area contributed by atoms with Gasteiger partial charge in [-0.2, -0.15) is 0 Å². The molecule has 1 amide bonds. The fourth-order valence-corrected chi connectivity index (χ4v) is 3.41. The number of piperidine rings is 1. The smallest absolute Gasteiger partial charge is 0.254 e. The summed E-state index contributed by atoms with van der Waals surface area (Å²) in [5, 5.41) is 13.2. The number of ether oxygens (including phenoxy) is 1. The van der Waals surface area contributed by atoms with E-state index >= 15 is 0 Å². The lowest BCUT2D eigenvalue weighted by Crippen LogP contribution is -2.37. The zero-order valence-electron chi connectivity index (χ0n) is 13.5. The quantitative estimate of drug-likeness (QED) is 0.875. The van der Waals surface area contributed by atoms with Crippen molar-refractivity contribution in [3.8, 4) is 0 Å². The predicted octanol–water partition coefficient (Wildman–Crippen LogP) is 1.06. The van der Waals surface area contributed by atoms with Crippen LogP contribution < -0.4 is 5.32 Å². The van der Waals surface area contributed by atoms with Crippen molar-refractivity contribution in [2.75, 3.05) is 39.4 Å². The number of hydrogen-bond acceptors (Lipinski definition) is 4. The highest BCUT2D eigenvalue weighted by molar-refractivity contribution is 5.94. The summed E-state index contributed by atoms with van der Waals surface area (Å²) < 4.78 is 5.30. The number of nitrogens with zero attached hydrogens (tertiary/aromatic N) is 1. The molecule has 2 aliphatic heterocycles. The zero-order valence-corrected chi connectivity index (χ0v) is 13.5. The molecule has 0 spiro atoms. The standard InChI is InChI=1S/C18H26N2O3/c21-17-12-20(8-9-23-13-17)18(22)16-3-1-2-15(11-16)10-14-4-6-19-7-5-14/h1-3,11,14,17,19,21H,4-10,12-13H2. The van der Waals surface area contributed by atoms with Gasteiger partial charge in [0.15, 0.2) is 0 Å². The summed E-state index contributed by atoms with van der Waals surface area (Å²) in [6.07, 6.45) is 2.84. The molecule has 1 atom stereocenters. The summed E-state index contributed by atoms with van der Waals surface area (Å²) in [7, 11) is 0. The van der Waals surface area contributed by atoms with Crippen molar-refractivity contribution in [1.82, 2.24) is 10.2 Å². The van der Waals surface area contributed by atoms with Crippen LogP contribution in [0.25, 0.3) is 0 Å². The average Bonchev–Trinajstić information content (AvgIpc) is 2.80. The molecule has 5 heteroatoms. The van der Waals surface area contributed by atoms with Gasteiger partial charge in [-0.25, -0.2) is 0 Å². The van der Waals surface area contributed by atoms with Gasteiger partial charge in [-0.1, -0.05) is 12.1 Å². The maximum Gasteiger partial charge on any atom is 0.254 e. The third-order valence-corrected chi connectivity index (χ3v) is 4.69. The number of amides is 1. The highest BCUT2D eigenvalue weighted by Gasteiger charge is 2.22. The maximum absolute atomic E-state index is 12.7. The second kappa shape index (κ2) is 7.90. The molecule has 2 aliphatic rings. The predicted molar refractivity (Wildman–Crippen MR) is 88.5 cm³/mol. The Morgan fingerprint density at radius 2 is 2.17 bits per heavy atom. The Kier molecular flexibility index (Phi) is 5.65. The van der Waals surface area contributed by atoms with Gasteiger partial charge in [0, 0.05) is 18.7 Å². The van der Waals surface area contributed by atoms with Gasteiger partial charge in [0.1, 0.15) is 0 Å². The summed E-state index contributed by atoms with van der Waals surface area (Å²) in [6, 6.07) is 7.96. The molecule has 3 rings (SSSR count). The SMILES string of the molecule is O=C(c1cccc(CC2CCNCC2)c1)N1CCOCC(O)C1. The van der Waals surface area contributed by atoms with Crippen molar-refractivity contribution >= 4 is 5.91 Å². The van der Waals surface area contributed by atoms with Crippen LogP contribution in [0.3, 0.4) is 0 Å². The van der Waals surface area contributed by atoms with Gasteiger partial charge < -0.3 is 20.1 Å². The maximum atomic E-state index is 12.7. The molecule has 2 heterocycles. The third kappa shape index (κ3) is 4.53. The molecule has 23 heavy (non-hydrogen) atoms. The number of nitrogens with one attached hydrogen (secondary N) is 1. The van der Waals surface area contributed by atoms with Gasteiger partial charge >= 0.3 is 0 Å². The summed E-state index contributed by atoms with van der Waals surface area (Å²) >= 11 is 0. The molecule has 126 valence electrons. The first-order valence-electron chi connectivity index (χ1n) is 8.57. The van der Waals surface area contributed by atoms with E-state index in [0.29, 0.717) is 37.8 Å². The minimum absolute atomic E-state index is 0.0123. The van der Waals surface area contributed by atoms with Crippen LogP contribution in [-0.2, 0) is 11.2 Å². The van der Waals surface area contributed by atoms with E-state index in [1.807, 2.05) is 18.2 Å². The Morgan fingerprint density at radius 3 is 3.00 bits per heavy atom. The molecule has 0 radical (unpaired) electrons. The first-order chi connectivity index (χ1) is 11.2. The van der Waals surface area contributed by atoms with Crippen LogP contribution in [0.1, 0.15) is 28.8 Å². The minimum Gasteiger partial charge on any atom is -0.389 e. The Morgan fingerprint density at radius 1 is 1.35 bits per heavy atom. The normalized spacial score (nSPS) is 23.5. The van der Waals surface area contributed by atoms with Gasteiger partial charge in [0.2, 0.25) is 0 Å². The Balaban J connectivity index is 1.66. The number of carbonyl (C=O) groups excluding carboxylic acids is 1. The van der Waals surface area contributed by atoms with Gasteiger partial charge in [0.25, 0.3) is 5.91 Å². The second-order valence-electron chi connectivity index (χ2n) is 6.58. The number of aliphatic hydroxyl groups excluding tert-OH is 1. The molecule has 1 unspecified atom stereocenters. The Labute approximate surface area is 137 Å².